The molecule has 9 heteroatoms. The fourth-order valence-corrected chi connectivity index (χ4v) is 2.83. The van der Waals surface area contributed by atoms with Gasteiger partial charge in [-0.25, -0.2) is 15.0 Å². The van der Waals surface area contributed by atoms with Crippen LogP contribution >= 0.6 is 0 Å². The average molecular weight is 308 g/mol. The van der Waals surface area contributed by atoms with Gasteiger partial charge in [-0.05, 0) is 6.92 Å². The van der Waals surface area contributed by atoms with Crippen molar-refractivity contribution in [2.45, 2.75) is 31.5 Å². The summed E-state index contributed by atoms with van der Waals surface area (Å²) in [5.41, 5.74) is 12.7. The smallest absolute Gasteiger partial charge is 0.167 e. The molecule has 120 valence electrons. The van der Waals surface area contributed by atoms with Gasteiger partial charge in [0.1, 0.15) is 30.2 Å². The first-order chi connectivity index (χ1) is 10.7. The number of rotatable bonds is 5. The molecule has 4 unspecified atom stereocenters. The maximum atomic E-state index is 6.02. The van der Waals surface area contributed by atoms with Gasteiger partial charge in [-0.2, -0.15) is 0 Å². The molecule has 0 radical (unpaired) electrons. The second-order valence-corrected chi connectivity index (χ2v) is 5.00. The molecule has 4 N–H and O–H groups in total. The van der Waals surface area contributed by atoms with Gasteiger partial charge in [0, 0.05) is 20.3 Å². The zero-order chi connectivity index (χ0) is 15.7. The summed E-state index contributed by atoms with van der Waals surface area (Å²) >= 11 is 0. The van der Waals surface area contributed by atoms with Crippen molar-refractivity contribution in [1.29, 1.82) is 0 Å². The zero-order valence-electron chi connectivity index (χ0n) is 12.5. The second-order valence-electron chi connectivity index (χ2n) is 5.00. The Bertz CT molecular complexity index is 648. The van der Waals surface area contributed by atoms with Crippen molar-refractivity contribution < 1.29 is 14.2 Å². The standard InChI is InChI=1S/C13H20N6O3/c1-3-21-10-9(20-2)7(4-14)22-13(10)19-6-18-8-11(15)16-5-17-12(8)19/h5-7,9-10,13H,3-4,14H2,1-2H3,(H2,15,16,17). The zero-order valence-corrected chi connectivity index (χ0v) is 12.5. The molecule has 0 spiro atoms. The molecule has 1 aliphatic heterocycles. The minimum atomic E-state index is -0.433. The second kappa shape index (κ2) is 6.13. The molecular formula is C13H20N6O3. The summed E-state index contributed by atoms with van der Waals surface area (Å²) in [6.07, 6.45) is 1.76. The number of imidazole rings is 1. The van der Waals surface area contributed by atoms with Gasteiger partial charge in [0.05, 0.1) is 6.33 Å². The van der Waals surface area contributed by atoms with Crippen LogP contribution in [0.15, 0.2) is 12.7 Å². The number of nitrogens with two attached hydrogens (primary N) is 2. The molecule has 3 rings (SSSR count). The Hall–Kier alpha value is -1.81. The molecule has 0 bridgehead atoms. The van der Waals surface area contributed by atoms with E-state index in [1.165, 1.54) is 6.33 Å². The first-order valence-electron chi connectivity index (χ1n) is 7.14. The lowest BCUT2D eigenvalue weighted by atomic mass is 10.1. The third kappa shape index (κ3) is 2.31. The van der Waals surface area contributed by atoms with E-state index in [0.717, 1.165) is 0 Å². The van der Waals surface area contributed by atoms with Gasteiger partial charge in [-0.1, -0.05) is 0 Å². The number of methoxy groups -OCH3 is 1. The summed E-state index contributed by atoms with van der Waals surface area (Å²) in [4.78, 5) is 12.4. The van der Waals surface area contributed by atoms with Crippen molar-refractivity contribution >= 4 is 17.0 Å². The highest BCUT2D eigenvalue weighted by atomic mass is 16.6. The van der Waals surface area contributed by atoms with E-state index in [9.17, 15) is 0 Å². The molecule has 22 heavy (non-hydrogen) atoms. The molecule has 0 amide bonds. The van der Waals surface area contributed by atoms with Crippen LogP contribution in [0.3, 0.4) is 0 Å². The minimum absolute atomic E-state index is 0.258. The van der Waals surface area contributed by atoms with Gasteiger partial charge < -0.3 is 25.7 Å². The highest BCUT2D eigenvalue weighted by Crippen LogP contribution is 2.34. The van der Waals surface area contributed by atoms with Gasteiger partial charge >= 0.3 is 0 Å². The van der Waals surface area contributed by atoms with E-state index in [4.69, 9.17) is 25.7 Å². The van der Waals surface area contributed by atoms with Gasteiger partial charge in [-0.15, -0.1) is 0 Å². The van der Waals surface area contributed by atoms with Crippen LogP contribution in [-0.2, 0) is 14.2 Å². The van der Waals surface area contributed by atoms with Crippen LogP contribution in [0.4, 0.5) is 5.82 Å². The Kier molecular flexibility index (Phi) is 4.21. The molecule has 3 heterocycles. The number of nitrogen functional groups attached to an aromatic ring is 1. The summed E-state index contributed by atoms with van der Waals surface area (Å²) in [6, 6.07) is 0. The molecule has 0 aromatic carbocycles. The largest absolute Gasteiger partial charge is 0.382 e. The van der Waals surface area contributed by atoms with Crippen molar-refractivity contribution in [2.24, 2.45) is 5.73 Å². The fourth-order valence-electron chi connectivity index (χ4n) is 2.83. The number of hydrogen-bond donors (Lipinski definition) is 2. The average Bonchev–Trinajstić information content (AvgIpc) is 3.09. The van der Waals surface area contributed by atoms with E-state index in [1.807, 2.05) is 6.92 Å². The summed E-state index contributed by atoms with van der Waals surface area (Å²) in [5.74, 6) is 0.327. The number of nitrogens with zero attached hydrogens (tertiary/aromatic N) is 4. The van der Waals surface area contributed by atoms with Crippen molar-refractivity contribution in [1.82, 2.24) is 19.5 Å². The lowest BCUT2D eigenvalue weighted by molar-refractivity contribution is -0.0672. The Morgan fingerprint density at radius 3 is 2.82 bits per heavy atom. The molecule has 1 fully saturated rings. The van der Waals surface area contributed by atoms with Crippen molar-refractivity contribution in [3.63, 3.8) is 0 Å². The van der Waals surface area contributed by atoms with E-state index >= 15 is 0 Å². The summed E-state index contributed by atoms with van der Waals surface area (Å²) in [6.45, 7) is 2.79. The highest BCUT2D eigenvalue weighted by molar-refractivity contribution is 5.81. The Balaban J connectivity index is 2.02. The number of anilines is 1. The van der Waals surface area contributed by atoms with Gasteiger partial charge in [0.25, 0.3) is 0 Å². The Morgan fingerprint density at radius 1 is 1.32 bits per heavy atom. The third-order valence-electron chi connectivity index (χ3n) is 3.81. The van der Waals surface area contributed by atoms with E-state index in [-0.39, 0.29) is 18.3 Å². The summed E-state index contributed by atoms with van der Waals surface area (Å²) in [7, 11) is 1.62. The van der Waals surface area contributed by atoms with Gasteiger partial charge in [-0.3, -0.25) is 4.57 Å². The molecule has 2 aromatic heterocycles. The van der Waals surface area contributed by atoms with Crippen LogP contribution in [0, 0.1) is 0 Å². The number of fused-ring (bicyclic) bond motifs is 1. The van der Waals surface area contributed by atoms with Crippen molar-refractivity contribution in [3.05, 3.63) is 12.7 Å². The predicted molar refractivity (Wildman–Crippen MR) is 78.9 cm³/mol. The molecule has 4 atom stereocenters. The number of aromatic nitrogens is 4. The Morgan fingerprint density at radius 2 is 2.14 bits per heavy atom. The maximum Gasteiger partial charge on any atom is 0.167 e. The molecule has 0 saturated carbocycles. The van der Waals surface area contributed by atoms with Crippen molar-refractivity contribution in [3.8, 4) is 0 Å². The molecule has 1 aliphatic rings. The molecular weight excluding hydrogens is 288 g/mol. The van der Waals surface area contributed by atoms with Crippen LogP contribution in [0.25, 0.3) is 11.2 Å². The van der Waals surface area contributed by atoms with Crippen LogP contribution < -0.4 is 11.5 Å². The van der Waals surface area contributed by atoms with E-state index in [2.05, 4.69) is 15.0 Å². The third-order valence-corrected chi connectivity index (χ3v) is 3.81. The maximum absolute atomic E-state index is 6.02. The van der Waals surface area contributed by atoms with Crippen LogP contribution in [0.1, 0.15) is 13.2 Å². The molecule has 0 aliphatic carbocycles. The summed E-state index contributed by atoms with van der Waals surface area (Å²) in [5, 5.41) is 0. The van der Waals surface area contributed by atoms with Crippen molar-refractivity contribution in [2.75, 3.05) is 26.0 Å². The fraction of sp³-hybridized carbons (Fsp3) is 0.615. The molecule has 9 nitrogen and oxygen atoms in total. The predicted octanol–water partition coefficient (Wildman–Crippen LogP) is -0.315. The van der Waals surface area contributed by atoms with Crippen LogP contribution in [0.5, 0.6) is 0 Å². The monoisotopic (exact) mass is 308 g/mol. The highest BCUT2D eigenvalue weighted by Gasteiger charge is 2.46. The summed E-state index contributed by atoms with van der Waals surface area (Å²) < 4.78 is 19.2. The quantitative estimate of drug-likeness (QED) is 0.770. The van der Waals surface area contributed by atoms with Crippen LogP contribution in [0.2, 0.25) is 0 Å². The Labute approximate surface area is 127 Å². The first-order valence-corrected chi connectivity index (χ1v) is 7.14. The lowest BCUT2D eigenvalue weighted by Gasteiger charge is -2.23. The topological polar surface area (TPSA) is 123 Å². The van der Waals surface area contributed by atoms with E-state index in [1.54, 1.807) is 18.0 Å². The van der Waals surface area contributed by atoms with Gasteiger partial charge in [0.15, 0.2) is 17.7 Å². The number of ether oxygens (including phenoxy) is 3. The number of hydrogen-bond acceptors (Lipinski definition) is 8. The van der Waals surface area contributed by atoms with Crippen LogP contribution in [-0.4, -0.2) is 58.1 Å². The molecule has 2 aromatic rings. The first kappa shape index (κ1) is 15.1. The normalized spacial score (nSPS) is 28.5. The van der Waals surface area contributed by atoms with E-state index in [0.29, 0.717) is 30.1 Å². The SMILES string of the molecule is CCOC1C(OC)C(CN)OC1n1cnc2c(N)ncnc21. The van der Waals surface area contributed by atoms with Gasteiger partial charge in [0.2, 0.25) is 0 Å². The van der Waals surface area contributed by atoms with E-state index < -0.39 is 6.23 Å². The lowest BCUT2D eigenvalue weighted by Crippen LogP contribution is -2.38. The molecule has 1 saturated heterocycles. The minimum Gasteiger partial charge on any atom is -0.382 e.